The molecular weight excluding hydrogens is 278 g/mol. The first-order chi connectivity index (χ1) is 8.75. The lowest BCUT2D eigenvalue weighted by atomic mass is 9.86. The molecule has 0 heterocycles. The molecule has 0 fully saturated rings. The second-order valence-electron chi connectivity index (χ2n) is 7.09. The number of nitrogens with one attached hydrogen (secondary N) is 1. The van der Waals surface area contributed by atoms with E-state index in [0.29, 0.717) is 17.5 Å². The van der Waals surface area contributed by atoms with Gasteiger partial charge in [0.05, 0.1) is 0 Å². The van der Waals surface area contributed by atoms with Crippen molar-refractivity contribution in [3.05, 3.63) is 0 Å². The highest BCUT2D eigenvalue weighted by Gasteiger charge is 2.35. The molecule has 1 atom stereocenters. The maximum absolute atomic E-state index is 10.9. The van der Waals surface area contributed by atoms with Gasteiger partial charge in [-0.3, -0.25) is 4.18 Å². The number of hydrogen-bond donors (Lipinski definition) is 1. The zero-order valence-electron chi connectivity index (χ0n) is 13.9. The monoisotopic (exact) mass is 307 g/mol. The van der Waals surface area contributed by atoms with Crippen molar-refractivity contribution in [2.24, 2.45) is 17.3 Å². The highest BCUT2D eigenvalue weighted by Crippen LogP contribution is 2.23. The van der Waals surface area contributed by atoms with Crippen molar-refractivity contribution in [1.82, 2.24) is 0 Å². The average molecular weight is 307 g/mol. The van der Waals surface area contributed by atoms with Crippen LogP contribution in [0.1, 0.15) is 55.4 Å². The topological polar surface area (TPSA) is 80.4 Å². The van der Waals surface area contributed by atoms with Crippen molar-refractivity contribution in [2.75, 3.05) is 0 Å². The van der Waals surface area contributed by atoms with Crippen molar-refractivity contribution in [3.8, 4) is 0 Å². The summed E-state index contributed by atoms with van der Waals surface area (Å²) >= 11 is 0. The van der Waals surface area contributed by atoms with Crippen LogP contribution in [-0.2, 0) is 14.6 Å². The van der Waals surface area contributed by atoms with Gasteiger partial charge < -0.3 is 4.55 Å². The predicted molar refractivity (Wildman–Crippen MR) is 79.1 cm³/mol. The summed E-state index contributed by atoms with van der Waals surface area (Å²) in [6, 6.07) is 0.192. The molecule has 0 spiro atoms. The molecule has 0 saturated carbocycles. The summed E-state index contributed by atoms with van der Waals surface area (Å²) in [4.78, 5) is 3.33. The molecule has 5 nitrogen and oxygen atoms in total. The maximum Gasteiger partial charge on any atom is 0.218 e. The second-order valence-corrected chi connectivity index (χ2v) is 8.10. The zero-order valence-corrected chi connectivity index (χ0v) is 14.7. The van der Waals surface area contributed by atoms with Crippen LogP contribution < -0.4 is 4.99 Å². The Morgan fingerprint density at radius 2 is 1.50 bits per heavy atom. The van der Waals surface area contributed by atoms with Gasteiger partial charge in [0, 0.05) is 18.8 Å². The highest BCUT2D eigenvalue weighted by molar-refractivity contribution is 7.80. The molecule has 0 aliphatic carbocycles. The third-order valence-electron chi connectivity index (χ3n) is 3.22. The van der Waals surface area contributed by atoms with Crippen LogP contribution >= 0.6 is 0 Å². The van der Waals surface area contributed by atoms with Gasteiger partial charge in [0.25, 0.3) is 0 Å². The normalized spacial score (nSPS) is 16.3. The number of rotatable bonds is 6. The van der Waals surface area contributed by atoms with E-state index in [1.54, 1.807) is 6.92 Å². The molecule has 1 unspecified atom stereocenters. The van der Waals surface area contributed by atoms with Gasteiger partial charge in [-0.1, -0.05) is 48.5 Å². The van der Waals surface area contributed by atoms with Gasteiger partial charge in [0.15, 0.2) is 17.9 Å². The lowest BCUT2D eigenvalue weighted by molar-refractivity contribution is -0.525. The summed E-state index contributed by atoms with van der Waals surface area (Å²) in [5.41, 5.74) is 0.178. The first kappa shape index (κ1) is 19.5. The van der Waals surface area contributed by atoms with E-state index in [1.807, 2.05) is 20.8 Å². The Morgan fingerprint density at radius 3 is 1.75 bits per heavy atom. The molecule has 1 N–H and O–H groups in total. The summed E-state index contributed by atoms with van der Waals surface area (Å²) in [7, 11) is -4.74. The van der Waals surface area contributed by atoms with Crippen molar-refractivity contribution >= 4 is 16.1 Å². The van der Waals surface area contributed by atoms with Crippen LogP contribution in [0.25, 0.3) is 0 Å². The molecule has 0 aromatic rings. The third kappa shape index (κ3) is 6.81. The van der Waals surface area contributed by atoms with Crippen LogP contribution in [0.2, 0.25) is 0 Å². The minimum absolute atomic E-state index is 0.192. The van der Waals surface area contributed by atoms with E-state index in [9.17, 15) is 13.0 Å². The molecule has 0 aromatic heterocycles. The Labute approximate surface area is 123 Å². The van der Waals surface area contributed by atoms with Crippen LogP contribution in [0.15, 0.2) is 0 Å². The van der Waals surface area contributed by atoms with E-state index >= 15 is 0 Å². The molecule has 0 radical (unpaired) electrons. The predicted octanol–water partition coefficient (Wildman–Crippen LogP) is 1.10. The van der Waals surface area contributed by atoms with Crippen molar-refractivity contribution < 1.29 is 22.1 Å². The molecule has 120 valence electrons. The minimum atomic E-state index is -4.74. The summed E-state index contributed by atoms with van der Waals surface area (Å²) < 4.78 is 37.5. The minimum Gasteiger partial charge on any atom is -0.726 e. The lowest BCUT2D eigenvalue weighted by Crippen LogP contribution is -2.84. The highest BCUT2D eigenvalue weighted by atomic mass is 32.3. The first-order valence-corrected chi connectivity index (χ1v) is 8.33. The zero-order chi connectivity index (χ0) is 16.3. The van der Waals surface area contributed by atoms with Gasteiger partial charge in [-0.25, -0.2) is 13.4 Å². The van der Waals surface area contributed by atoms with Crippen LogP contribution in [0.3, 0.4) is 0 Å². The average Bonchev–Trinajstić information content (AvgIpc) is 2.18. The van der Waals surface area contributed by atoms with E-state index < -0.39 is 21.9 Å². The standard InChI is InChI=1S/C14H29NO4S/c1-9(2)12(10(3)4)15-11(5)13(14(6,7)8)19-20(16,17)18/h9-10,12-13H,1-8H3,(H,16,17,18). The Hall–Kier alpha value is -0.460. The van der Waals surface area contributed by atoms with Gasteiger partial charge in [-0.05, 0) is 5.41 Å². The Kier molecular flexibility index (Phi) is 6.84. The fourth-order valence-electron chi connectivity index (χ4n) is 2.43. The Balaban J connectivity index is 5.48. The largest absolute Gasteiger partial charge is 0.726 e. The smallest absolute Gasteiger partial charge is 0.218 e. The van der Waals surface area contributed by atoms with Gasteiger partial charge in [0.1, 0.15) is 0 Å². The van der Waals surface area contributed by atoms with Gasteiger partial charge in [-0.15, -0.1) is 0 Å². The van der Waals surface area contributed by atoms with E-state index in [2.05, 4.69) is 32.7 Å². The summed E-state index contributed by atoms with van der Waals surface area (Å²) in [6.45, 7) is 15.7. The summed E-state index contributed by atoms with van der Waals surface area (Å²) in [5.74, 6) is 0.767. The summed E-state index contributed by atoms with van der Waals surface area (Å²) in [5, 5.41) is 0. The molecule has 0 aromatic carbocycles. The van der Waals surface area contributed by atoms with E-state index in [1.165, 1.54) is 0 Å². The second kappa shape index (κ2) is 7.00. The van der Waals surface area contributed by atoms with Crippen LogP contribution in [-0.4, -0.2) is 30.8 Å². The third-order valence-corrected chi connectivity index (χ3v) is 3.65. The fourth-order valence-corrected chi connectivity index (χ4v) is 3.09. The molecule has 0 aliphatic rings. The van der Waals surface area contributed by atoms with Crippen LogP contribution in [0.4, 0.5) is 0 Å². The first-order valence-electron chi connectivity index (χ1n) is 6.99. The molecule has 0 saturated heterocycles. The van der Waals surface area contributed by atoms with Crippen LogP contribution in [0.5, 0.6) is 0 Å². The molecule has 0 rings (SSSR count). The lowest BCUT2D eigenvalue weighted by Gasteiger charge is -2.29. The SMILES string of the molecule is CC(=[NH+]C(C(C)C)C(C)C)C(OS(=O)(=O)[O-])C(C)(C)C. The van der Waals surface area contributed by atoms with E-state index in [4.69, 9.17) is 4.18 Å². The number of hydrogen-bond acceptors (Lipinski definition) is 4. The Morgan fingerprint density at radius 1 is 1.10 bits per heavy atom. The van der Waals surface area contributed by atoms with E-state index in [0.717, 1.165) is 0 Å². The van der Waals surface area contributed by atoms with Crippen molar-refractivity contribution in [3.63, 3.8) is 0 Å². The molecule has 0 amide bonds. The molecule has 0 aliphatic heterocycles. The van der Waals surface area contributed by atoms with E-state index in [-0.39, 0.29) is 6.04 Å². The van der Waals surface area contributed by atoms with Gasteiger partial charge in [0.2, 0.25) is 10.4 Å². The quantitative estimate of drug-likeness (QED) is 0.453. The molecular formula is C14H29NO4S. The van der Waals surface area contributed by atoms with Gasteiger partial charge >= 0.3 is 0 Å². The van der Waals surface area contributed by atoms with Gasteiger partial charge in [-0.2, -0.15) is 0 Å². The maximum atomic E-state index is 10.9. The van der Waals surface area contributed by atoms with Crippen molar-refractivity contribution in [2.45, 2.75) is 67.5 Å². The Bertz CT molecular complexity index is 425. The molecule has 0 bridgehead atoms. The van der Waals surface area contributed by atoms with Crippen molar-refractivity contribution in [1.29, 1.82) is 0 Å². The summed E-state index contributed by atoms with van der Waals surface area (Å²) in [6.07, 6.45) is -0.787. The molecule has 6 heteroatoms. The molecule has 20 heavy (non-hydrogen) atoms. The van der Waals surface area contributed by atoms with Crippen LogP contribution in [0, 0.1) is 17.3 Å². The fraction of sp³-hybridized carbons (Fsp3) is 0.929.